The molecule has 128 valence electrons. The third-order valence-electron chi connectivity index (χ3n) is 4.66. The van der Waals surface area contributed by atoms with Gasteiger partial charge in [-0.05, 0) is 43.3 Å². The number of para-hydroxylation sites is 1. The molecule has 1 N–H and O–H groups in total. The predicted octanol–water partition coefficient (Wildman–Crippen LogP) is 2.33. The van der Waals surface area contributed by atoms with Gasteiger partial charge in [0.1, 0.15) is 0 Å². The zero-order valence-corrected chi connectivity index (χ0v) is 14.2. The van der Waals surface area contributed by atoms with Crippen LogP contribution >= 0.6 is 0 Å². The molecule has 1 amide bonds. The monoisotopic (exact) mass is 335 g/mol. The first-order valence-electron chi connectivity index (χ1n) is 8.35. The second-order valence-corrected chi connectivity index (χ2v) is 6.32. The highest BCUT2D eigenvalue weighted by Crippen LogP contribution is 2.25. The molecule has 0 bridgehead atoms. The van der Waals surface area contributed by atoms with E-state index in [9.17, 15) is 9.90 Å². The standard InChI is InChI=1S/C20H21N3O2/c1-22(14-19(24)16-9-7-15(13-21)8-10-16)18-11-12-23(20(18)25)17-5-3-2-4-6-17/h2-10,18-19,24H,11-12,14H2,1H3/t18-,19-/m1/s1. The van der Waals surface area contributed by atoms with Crippen molar-refractivity contribution in [2.75, 3.05) is 25.0 Å². The Labute approximate surface area is 147 Å². The molecule has 1 heterocycles. The minimum Gasteiger partial charge on any atom is -0.387 e. The highest BCUT2D eigenvalue weighted by molar-refractivity contribution is 5.99. The maximum atomic E-state index is 12.7. The molecular formula is C20H21N3O2. The largest absolute Gasteiger partial charge is 0.387 e. The number of carbonyl (C=O) groups excluding carboxylic acids is 1. The van der Waals surface area contributed by atoms with Crippen LogP contribution in [0.4, 0.5) is 5.69 Å². The molecule has 0 aromatic heterocycles. The lowest BCUT2D eigenvalue weighted by Gasteiger charge is -2.26. The summed E-state index contributed by atoms with van der Waals surface area (Å²) in [6.45, 7) is 1.05. The average molecular weight is 335 g/mol. The minimum atomic E-state index is -0.698. The number of nitrogens with zero attached hydrogens (tertiary/aromatic N) is 3. The van der Waals surface area contributed by atoms with Crippen LogP contribution in [0.2, 0.25) is 0 Å². The van der Waals surface area contributed by atoms with Crippen molar-refractivity contribution in [3.8, 4) is 6.07 Å². The number of nitriles is 1. The summed E-state index contributed by atoms with van der Waals surface area (Å²) in [5, 5.41) is 19.3. The van der Waals surface area contributed by atoms with Crippen molar-refractivity contribution in [3.63, 3.8) is 0 Å². The van der Waals surface area contributed by atoms with E-state index in [1.54, 1.807) is 29.2 Å². The van der Waals surface area contributed by atoms with Crippen LogP contribution in [0, 0.1) is 11.3 Å². The van der Waals surface area contributed by atoms with Crippen molar-refractivity contribution in [2.24, 2.45) is 0 Å². The summed E-state index contributed by atoms with van der Waals surface area (Å²) in [6.07, 6.45) is 0.0425. The molecule has 1 fully saturated rings. The summed E-state index contributed by atoms with van der Waals surface area (Å²) in [5.41, 5.74) is 2.22. The van der Waals surface area contributed by atoms with Crippen LogP contribution in [-0.4, -0.2) is 42.1 Å². The van der Waals surface area contributed by atoms with Gasteiger partial charge in [-0.1, -0.05) is 30.3 Å². The number of amides is 1. The Morgan fingerprint density at radius 2 is 1.92 bits per heavy atom. The topological polar surface area (TPSA) is 67.6 Å². The van der Waals surface area contributed by atoms with Gasteiger partial charge < -0.3 is 10.0 Å². The van der Waals surface area contributed by atoms with Gasteiger partial charge in [-0.15, -0.1) is 0 Å². The molecule has 0 spiro atoms. The number of hydrogen-bond donors (Lipinski definition) is 1. The molecule has 0 unspecified atom stereocenters. The minimum absolute atomic E-state index is 0.0701. The van der Waals surface area contributed by atoms with E-state index in [0.717, 1.165) is 17.7 Å². The molecule has 2 atom stereocenters. The number of likely N-dealkylation sites (N-methyl/N-ethyl adjacent to an activating group) is 1. The van der Waals surface area contributed by atoms with Gasteiger partial charge >= 0.3 is 0 Å². The molecule has 1 aliphatic rings. The quantitative estimate of drug-likeness (QED) is 0.911. The molecule has 1 saturated heterocycles. The number of hydrogen-bond acceptors (Lipinski definition) is 4. The number of rotatable bonds is 5. The summed E-state index contributed by atoms with van der Waals surface area (Å²) in [4.78, 5) is 16.4. The number of aliphatic hydroxyl groups is 1. The summed E-state index contributed by atoms with van der Waals surface area (Å²) in [5.74, 6) is 0.0701. The predicted molar refractivity (Wildman–Crippen MR) is 95.9 cm³/mol. The fourth-order valence-electron chi connectivity index (χ4n) is 3.22. The number of carbonyl (C=O) groups is 1. The van der Waals surface area contributed by atoms with Crippen molar-refractivity contribution in [1.82, 2.24) is 4.90 Å². The van der Waals surface area contributed by atoms with Crippen molar-refractivity contribution in [2.45, 2.75) is 18.6 Å². The lowest BCUT2D eigenvalue weighted by molar-refractivity contribution is -0.121. The molecule has 2 aromatic carbocycles. The van der Waals surface area contributed by atoms with Crippen LogP contribution in [0.1, 0.15) is 23.7 Å². The maximum absolute atomic E-state index is 12.7. The Hall–Kier alpha value is -2.68. The van der Waals surface area contributed by atoms with E-state index in [0.29, 0.717) is 18.7 Å². The van der Waals surface area contributed by atoms with Gasteiger partial charge in [-0.3, -0.25) is 9.69 Å². The second kappa shape index (κ2) is 7.47. The van der Waals surface area contributed by atoms with E-state index in [4.69, 9.17) is 5.26 Å². The van der Waals surface area contributed by atoms with Crippen molar-refractivity contribution in [1.29, 1.82) is 5.26 Å². The van der Waals surface area contributed by atoms with Gasteiger partial charge in [-0.2, -0.15) is 5.26 Å². The van der Waals surface area contributed by atoms with Gasteiger partial charge in [0, 0.05) is 18.8 Å². The van der Waals surface area contributed by atoms with Crippen LogP contribution in [0.25, 0.3) is 0 Å². The van der Waals surface area contributed by atoms with Crippen molar-refractivity contribution in [3.05, 3.63) is 65.7 Å². The van der Waals surface area contributed by atoms with Gasteiger partial charge in [0.15, 0.2) is 0 Å². The van der Waals surface area contributed by atoms with E-state index in [1.807, 2.05) is 42.3 Å². The highest BCUT2D eigenvalue weighted by Gasteiger charge is 2.35. The molecule has 2 aromatic rings. The Morgan fingerprint density at radius 1 is 1.24 bits per heavy atom. The first-order chi connectivity index (χ1) is 12.1. The summed E-state index contributed by atoms with van der Waals surface area (Å²) < 4.78 is 0. The Balaban J connectivity index is 1.64. The molecule has 25 heavy (non-hydrogen) atoms. The summed E-state index contributed by atoms with van der Waals surface area (Å²) in [6, 6.07) is 18.4. The van der Waals surface area contributed by atoms with Crippen LogP contribution in [0.3, 0.4) is 0 Å². The van der Waals surface area contributed by atoms with Gasteiger partial charge in [0.2, 0.25) is 5.91 Å². The SMILES string of the molecule is CN(C[C@@H](O)c1ccc(C#N)cc1)[C@@H]1CCN(c2ccccc2)C1=O. The molecule has 1 aliphatic heterocycles. The van der Waals surface area contributed by atoms with Gasteiger partial charge in [0.25, 0.3) is 0 Å². The average Bonchev–Trinajstić information content (AvgIpc) is 3.04. The molecule has 0 saturated carbocycles. The Kier molecular flexibility index (Phi) is 5.13. The number of aliphatic hydroxyl groups excluding tert-OH is 1. The third-order valence-corrected chi connectivity index (χ3v) is 4.66. The van der Waals surface area contributed by atoms with E-state index in [1.165, 1.54) is 0 Å². The van der Waals surface area contributed by atoms with E-state index in [-0.39, 0.29) is 11.9 Å². The zero-order valence-electron chi connectivity index (χ0n) is 14.2. The van der Waals surface area contributed by atoms with Crippen LogP contribution in [0.15, 0.2) is 54.6 Å². The molecule has 5 nitrogen and oxygen atoms in total. The van der Waals surface area contributed by atoms with E-state index in [2.05, 4.69) is 6.07 Å². The Morgan fingerprint density at radius 3 is 2.56 bits per heavy atom. The second-order valence-electron chi connectivity index (χ2n) is 6.32. The number of anilines is 1. The van der Waals surface area contributed by atoms with Crippen LogP contribution in [-0.2, 0) is 4.79 Å². The van der Waals surface area contributed by atoms with Gasteiger partial charge in [0.05, 0.1) is 23.8 Å². The zero-order chi connectivity index (χ0) is 17.8. The summed E-state index contributed by atoms with van der Waals surface area (Å²) >= 11 is 0. The molecule has 3 rings (SSSR count). The fraction of sp³-hybridized carbons (Fsp3) is 0.300. The molecule has 0 aliphatic carbocycles. The summed E-state index contributed by atoms with van der Waals surface area (Å²) in [7, 11) is 1.87. The number of benzene rings is 2. The normalized spacial score (nSPS) is 18.4. The first-order valence-corrected chi connectivity index (χ1v) is 8.35. The molecule has 0 radical (unpaired) electrons. The Bertz CT molecular complexity index is 768. The lowest BCUT2D eigenvalue weighted by Crippen LogP contribution is -2.41. The smallest absolute Gasteiger partial charge is 0.244 e. The van der Waals surface area contributed by atoms with Crippen LogP contribution in [0.5, 0.6) is 0 Å². The highest BCUT2D eigenvalue weighted by atomic mass is 16.3. The maximum Gasteiger partial charge on any atom is 0.244 e. The van der Waals surface area contributed by atoms with E-state index >= 15 is 0 Å². The molecule has 5 heteroatoms. The molecular weight excluding hydrogens is 314 g/mol. The fourth-order valence-corrected chi connectivity index (χ4v) is 3.22. The van der Waals surface area contributed by atoms with Gasteiger partial charge in [-0.25, -0.2) is 0 Å². The first kappa shape index (κ1) is 17.2. The third kappa shape index (κ3) is 3.71. The van der Waals surface area contributed by atoms with Crippen molar-refractivity contribution < 1.29 is 9.90 Å². The van der Waals surface area contributed by atoms with E-state index < -0.39 is 6.10 Å². The lowest BCUT2D eigenvalue weighted by atomic mass is 10.1. The van der Waals surface area contributed by atoms with Crippen LogP contribution < -0.4 is 4.90 Å². The van der Waals surface area contributed by atoms with Crippen molar-refractivity contribution >= 4 is 11.6 Å².